The van der Waals surface area contributed by atoms with Crippen LogP contribution in [0.2, 0.25) is 0 Å². The zero-order valence-electron chi connectivity index (χ0n) is 12.3. The lowest BCUT2D eigenvalue weighted by atomic mass is 9.85. The largest absolute Gasteiger partial charge is 0.357 e. The van der Waals surface area contributed by atoms with Crippen molar-refractivity contribution in [1.29, 1.82) is 0 Å². The van der Waals surface area contributed by atoms with Gasteiger partial charge in [0.15, 0.2) is 0 Å². The van der Waals surface area contributed by atoms with E-state index in [0.717, 1.165) is 31.2 Å². The summed E-state index contributed by atoms with van der Waals surface area (Å²) in [4.78, 5) is 24.4. The highest BCUT2D eigenvalue weighted by atomic mass is 16.2. The Hall–Kier alpha value is -1.88. The first-order valence-electron chi connectivity index (χ1n) is 7.44. The Bertz CT molecular complexity index is 482. The SMILES string of the molecule is CNC(=O)C(NC(=O)C1CCC(N)CC1)c1ccccc1. The summed E-state index contributed by atoms with van der Waals surface area (Å²) in [6.45, 7) is 0. The molecule has 0 radical (unpaired) electrons. The third-order valence-electron chi connectivity index (χ3n) is 4.07. The lowest BCUT2D eigenvalue weighted by Gasteiger charge is -2.27. The second-order valence-electron chi connectivity index (χ2n) is 5.58. The predicted molar refractivity (Wildman–Crippen MR) is 81.3 cm³/mol. The van der Waals surface area contributed by atoms with Crippen LogP contribution in [0.3, 0.4) is 0 Å². The molecule has 1 aliphatic rings. The molecule has 0 bridgehead atoms. The van der Waals surface area contributed by atoms with Crippen molar-refractivity contribution in [2.45, 2.75) is 37.8 Å². The Morgan fingerprint density at radius 2 is 1.76 bits per heavy atom. The molecule has 2 rings (SSSR count). The average molecular weight is 289 g/mol. The topological polar surface area (TPSA) is 84.2 Å². The quantitative estimate of drug-likeness (QED) is 0.776. The van der Waals surface area contributed by atoms with Crippen LogP contribution in [0.25, 0.3) is 0 Å². The van der Waals surface area contributed by atoms with Gasteiger partial charge in [0.25, 0.3) is 0 Å². The van der Waals surface area contributed by atoms with Gasteiger partial charge in [0.2, 0.25) is 11.8 Å². The van der Waals surface area contributed by atoms with Crippen molar-refractivity contribution in [1.82, 2.24) is 10.6 Å². The van der Waals surface area contributed by atoms with Crippen molar-refractivity contribution in [2.75, 3.05) is 7.05 Å². The fourth-order valence-electron chi connectivity index (χ4n) is 2.73. The normalized spacial score (nSPS) is 23.1. The van der Waals surface area contributed by atoms with E-state index in [-0.39, 0.29) is 23.8 Å². The second-order valence-corrected chi connectivity index (χ2v) is 5.58. The zero-order chi connectivity index (χ0) is 15.2. The first-order chi connectivity index (χ1) is 10.1. The standard InChI is InChI=1S/C16H23N3O2/c1-18-16(21)14(11-5-3-2-4-6-11)19-15(20)12-7-9-13(17)10-8-12/h2-6,12-14H,7-10,17H2,1H3,(H,18,21)(H,19,20). The van der Waals surface area contributed by atoms with Crippen molar-refractivity contribution in [3.63, 3.8) is 0 Å². The van der Waals surface area contributed by atoms with Gasteiger partial charge in [-0.15, -0.1) is 0 Å². The maximum Gasteiger partial charge on any atom is 0.246 e. The fourth-order valence-corrected chi connectivity index (χ4v) is 2.73. The van der Waals surface area contributed by atoms with Gasteiger partial charge < -0.3 is 16.4 Å². The minimum Gasteiger partial charge on any atom is -0.357 e. The molecule has 1 fully saturated rings. The molecule has 5 heteroatoms. The van der Waals surface area contributed by atoms with E-state index >= 15 is 0 Å². The molecule has 1 aromatic carbocycles. The number of nitrogens with two attached hydrogens (primary N) is 1. The summed E-state index contributed by atoms with van der Waals surface area (Å²) < 4.78 is 0. The number of benzene rings is 1. The number of carbonyl (C=O) groups is 2. The Labute approximate surface area is 125 Å². The number of likely N-dealkylation sites (N-methyl/N-ethyl adjacent to an activating group) is 1. The van der Waals surface area contributed by atoms with Crippen LogP contribution in [0, 0.1) is 5.92 Å². The molecular weight excluding hydrogens is 266 g/mol. The van der Waals surface area contributed by atoms with Gasteiger partial charge in [-0.25, -0.2) is 0 Å². The highest BCUT2D eigenvalue weighted by Crippen LogP contribution is 2.24. The minimum atomic E-state index is -0.640. The molecule has 21 heavy (non-hydrogen) atoms. The predicted octanol–water partition coefficient (Wildman–Crippen LogP) is 1.11. The van der Waals surface area contributed by atoms with Crippen LogP contribution in [-0.4, -0.2) is 24.9 Å². The molecule has 0 heterocycles. The highest BCUT2D eigenvalue weighted by molar-refractivity contribution is 5.89. The van der Waals surface area contributed by atoms with E-state index in [1.165, 1.54) is 0 Å². The molecule has 0 aromatic heterocycles. The Kier molecular flexibility index (Phi) is 5.33. The number of amides is 2. The van der Waals surface area contributed by atoms with Crippen LogP contribution in [0.1, 0.15) is 37.3 Å². The van der Waals surface area contributed by atoms with Crippen LogP contribution < -0.4 is 16.4 Å². The van der Waals surface area contributed by atoms with E-state index in [1.807, 2.05) is 30.3 Å². The van der Waals surface area contributed by atoms with E-state index in [0.29, 0.717) is 0 Å². The third-order valence-corrected chi connectivity index (χ3v) is 4.07. The maximum absolute atomic E-state index is 12.4. The third kappa shape index (κ3) is 4.04. The first-order valence-corrected chi connectivity index (χ1v) is 7.44. The first kappa shape index (κ1) is 15.5. The maximum atomic E-state index is 12.4. The Morgan fingerprint density at radius 3 is 2.33 bits per heavy atom. The summed E-state index contributed by atoms with van der Waals surface area (Å²) in [6, 6.07) is 8.86. The number of rotatable bonds is 4. The summed E-state index contributed by atoms with van der Waals surface area (Å²) in [5.74, 6) is -0.304. The van der Waals surface area contributed by atoms with Crippen LogP contribution in [0.15, 0.2) is 30.3 Å². The summed E-state index contributed by atoms with van der Waals surface area (Å²) in [5, 5.41) is 5.48. The summed E-state index contributed by atoms with van der Waals surface area (Å²) in [7, 11) is 1.57. The molecule has 114 valence electrons. The van der Waals surface area contributed by atoms with Crippen molar-refractivity contribution in [3.8, 4) is 0 Å². The lowest BCUT2D eigenvalue weighted by Crippen LogP contribution is -2.43. The van der Waals surface area contributed by atoms with Gasteiger partial charge >= 0.3 is 0 Å². The van der Waals surface area contributed by atoms with Crippen LogP contribution in [0.4, 0.5) is 0 Å². The smallest absolute Gasteiger partial charge is 0.246 e. The summed E-state index contributed by atoms with van der Waals surface area (Å²) in [5.41, 5.74) is 6.65. The molecular formula is C16H23N3O2. The Balaban J connectivity index is 2.05. The minimum absolute atomic E-state index is 0.0410. The van der Waals surface area contributed by atoms with Gasteiger partial charge in [0.1, 0.15) is 6.04 Å². The van der Waals surface area contributed by atoms with E-state index < -0.39 is 6.04 Å². The molecule has 1 aliphatic carbocycles. The van der Waals surface area contributed by atoms with Crippen LogP contribution in [-0.2, 0) is 9.59 Å². The zero-order valence-corrected chi connectivity index (χ0v) is 12.3. The molecule has 1 saturated carbocycles. The summed E-state index contributed by atoms with van der Waals surface area (Å²) in [6.07, 6.45) is 3.33. The number of nitrogens with one attached hydrogen (secondary N) is 2. The number of hydrogen-bond donors (Lipinski definition) is 3. The number of carbonyl (C=O) groups excluding carboxylic acids is 2. The Morgan fingerprint density at radius 1 is 1.14 bits per heavy atom. The molecule has 1 atom stereocenters. The molecule has 5 nitrogen and oxygen atoms in total. The van der Waals surface area contributed by atoms with Crippen molar-refractivity contribution in [3.05, 3.63) is 35.9 Å². The molecule has 0 aliphatic heterocycles. The average Bonchev–Trinajstić information content (AvgIpc) is 2.53. The van der Waals surface area contributed by atoms with Crippen molar-refractivity contribution in [2.24, 2.45) is 11.7 Å². The van der Waals surface area contributed by atoms with Gasteiger partial charge in [0, 0.05) is 19.0 Å². The van der Waals surface area contributed by atoms with E-state index in [2.05, 4.69) is 10.6 Å². The summed E-state index contributed by atoms with van der Waals surface area (Å²) >= 11 is 0. The molecule has 1 aromatic rings. The van der Waals surface area contributed by atoms with Gasteiger partial charge in [-0.1, -0.05) is 30.3 Å². The van der Waals surface area contributed by atoms with E-state index in [1.54, 1.807) is 7.05 Å². The highest BCUT2D eigenvalue weighted by Gasteiger charge is 2.28. The second kappa shape index (κ2) is 7.22. The van der Waals surface area contributed by atoms with Gasteiger partial charge in [-0.2, -0.15) is 0 Å². The number of hydrogen-bond acceptors (Lipinski definition) is 3. The van der Waals surface area contributed by atoms with Crippen LogP contribution in [0.5, 0.6) is 0 Å². The van der Waals surface area contributed by atoms with Crippen LogP contribution >= 0.6 is 0 Å². The van der Waals surface area contributed by atoms with Crippen molar-refractivity contribution >= 4 is 11.8 Å². The molecule has 0 spiro atoms. The van der Waals surface area contributed by atoms with Crippen molar-refractivity contribution < 1.29 is 9.59 Å². The van der Waals surface area contributed by atoms with E-state index in [4.69, 9.17) is 5.73 Å². The molecule has 0 saturated heterocycles. The van der Waals surface area contributed by atoms with Gasteiger partial charge in [-0.3, -0.25) is 9.59 Å². The van der Waals surface area contributed by atoms with E-state index in [9.17, 15) is 9.59 Å². The molecule has 2 amide bonds. The van der Waals surface area contributed by atoms with Gasteiger partial charge in [-0.05, 0) is 31.2 Å². The monoisotopic (exact) mass is 289 g/mol. The van der Waals surface area contributed by atoms with Gasteiger partial charge in [0.05, 0.1) is 0 Å². The lowest BCUT2D eigenvalue weighted by molar-refractivity contribution is -0.131. The fraction of sp³-hybridized carbons (Fsp3) is 0.500. The molecule has 4 N–H and O–H groups in total. The molecule has 1 unspecified atom stereocenters.